The van der Waals surface area contributed by atoms with Gasteiger partial charge in [-0.3, -0.25) is 9.59 Å². The van der Waals surface area contributed by atoms with E-state index in [1.165, 1.54) is 9.80 Å². The van der Waals surface area contributed by atoms with Crippen LogP contribution >= 0.6 is 0 Å². The van der Waals surface area contributed by atoms with Crippen molar-refractivity contribution in [3.63, 3.8) is 0 Å². The van der Waals surface area contributed by atoms with Crippen LogP contribution in [0.2, 0.25) is 0 Å². The van der Waals surface area contributed by atoms with Gasteiger partial charge >= 0.3 is 12.2 Å². The van der Waals surface area contributed by atoms with Crippen molar-refractivity contribution in [3.8, 4) is 0 Å². The first-order valence-corrected chi connectivity index (χ1v) is 15.2. The predicted octanol–water partition coefficient (Wildman–Crippen LogP) is 7.13. The van der Waals surface area contributed by atoms with Crippen LogP contribution in [-0.2, 0) is 31.9 Å². The Bertz CT molecular complexity index is 1420. The number of rotatable bonds is 8. The molecule has 3 aromatic carbocycles. The zero-order valence-corrected chi connectivity index (χ0v) is 26.1. The number of carbonyl (C=O) groups excluding carboxylic acids is 4. The molecule has 0 unspecified atom stereocenters. The van der Waals surface area contributed by atoms with Crippen LogP contribution in [0, 0.1) is 5.92 Å². The van der Waals surface area contributed by atoms with Crippen LogP contribution in [-0.4, -0.2) is 51.5 Å². The zero-order chi connectivity index (χ0) is 31.9. The standard InChI is InChI=1S/C19H19NO3.C17H23NO3/c1-14-18(16-10-6-3-7-11-16)23-19(22)20(14)17(21)13-12-15-8-4-2-5-9-15;1-12(2)15-17(3,4)21-16(20)18(15)14(19)11-10-13-8-6-5-7-9-13/h2-11,14,18H,12-13H2,1H3;5-9,12,15H,10-11H2,1-4H3/t14-,18-;15-/m11/s1. The molecule has 232 valence electrons. The van der Waals surface area contributed by atoms with Gasteiger partial charge in [-0.1, -0.05) is 105 Å². The molecular formula is C36H42N2O6. The van der Waals surface area contributed by atoms with Crippen LogP contribution in [0.5, 0.6) is 0 Å². The van der Waals surface area contributed by atoms with Gasteiger partial charge in [0.25, 0.3) is 0 Å². The maximum Gasteiger partial charge on any atom is 0.417 e. The minimum absolute atomic E-state index is 0.159. The summed E-state index contributed by atoms with van der Waals surface area (Å²) in [5.41, 5.74) is 2.46. The second kappa shape index (κ2) is 14.3. The Balaban J connectivity index is 0.000000202. The number of cyclic esters (lactones) is 2. The first kappa shape index (κ1) is 32.5. The van der Waals surface area contributed by atoms with E-state index in [4.69, 9.17) is 9.47 Å². The van der Waals surface area contributed by atoms with Crippen molar-refractivity contribution in [1.29, 1.82) is 0 Å². The van der Waals surface area contributed by atoms with Gasteiger partial charge in [0.15, 0.2) is 0 Å². The van der Waals surface area contributed by atoms with Gasteiger partial charge in [-0.05, 0) is 56.2 Å². The van der Waals surface area contributed by atoms with Crippen molar-refractivity contribution in [3.05, 3.63) is 108 Å². The van der Waals surface area contributed by atoms with Crippen molar-refractivity contribution in [2.24, 2.45) is 5.92 Å². The zero-order valence-electron chi connectivity index (χ0n) is 26.1. The van der Waals surface area contributed by atoms with Gasteiger partial charge in [-0.25, -0.2) is 19.4 Å². The van der Waals surface area contributed by atoms with E-state index in [2.05, 4.69) is 0 Å². The molecule has 8 nitrogen and oxygen atoms in total. The summed E-state index contributed by atoms with van der Waals surface area (Å²) in [5, 5.41) is 0. The van der Waals surface area contributed by atoms with E-state index < -0.39 is 23.9 Å². The highest BCUT2D eigenvalue weighted by Gasteiger charge is 2.51. The lowest BCUT2D eigenvalue weighted by Crippen LogP contribution is -2.48. The lowest BCUT2D eigenvalue weighted by atomic mass is 9.89. The lowest BCUT2D eigenvalue weighted by Gasteiger charge is -2.31. The smallest absolute Gasteiger partial charge is 0.417 e. The molecule has 8 heteroatoms. The third kappa shape index (κ3) is 7.73. The topological polar surface area (TPSA) is 93.2 Å². The minimum atomic E-state index is -0.631. The van der Waals surface area contributed by atoms with Crippen LogP contribution < -0.4 is 0 Å². The molecule has 5 rings (SSSR count). The Morgan fingerprint density at radius 2 is 1.18 bits per heavy atom. The summed E-state index contributed by atoms with van der Waals surface area (Å²) in [6.07, 6.45) is 0.398. The molecule has 2 heterocycles. The summed E-state index contributed by atoms with van der Waals surface area (Å²) in [6.45, 7) is 9.58. The highest BCUT2D eigenvalue weighted by molar-refractivity contribution is 5.94. The first-order valence-electron chi connectivity index (χ1n) is 15.2. The molecule has 0 radical (unpaired) electrons. The van der Waals surface area contributed by atoms with Crippen molar-refractivity contribution in [2.45, 2.75) is 84.1 Å². The third-order valence-corrected chi connectivity index (χ3v) is 8.05. The Morgan fingerprint density at radius 3 is 1.66 bits per heavy atom. The average Bonchev–Trinajstić information content (AvgIpc) is 3.45. The number of benzene rings is 3. The van der Waals surface area contributed by atoms with E-state index >= 15 is 0 Å². The molecular weight excluding hydrogens is 556 g/mol. The SMILES string of the molecule is CC(C)[C@H]1N(C(=O)CCc2ccccc2)C(=O)OC1(C)C.C[C@@H]1[C@H](c2ccccc2)OC(=O)N1C(=O)CCc1ccccc1. The monoisotopic (exact) mass is 598 g/mol. The largest absolute Gasteiger partial charge is 0.441 e. The van der Waals surface area contributed by atoms with Gasteiger partial charge in [0, 0.05) is 12.8 Å². The molecule has 0 N–H and O–H groups in total. The Labute approximate surface area is 260 Å². The van der Waals surface area contributed by atoms with Gasteiger partial charge in [0.05, 0.1) is 12.1 Å². The summed E-state index contributed by atoms with van der Waals surface area (Å²) >= 11 is 0. The van der Waals surface area contributed by atoms with E-state index in [1.54, 1.807) is 0 Å². The molecule has 4 amide bonds. The maximum atomic E-state index is 12.5. The number of amides is 4. The molecule has 3 atom stereocenters. The molecule has 0 bridgehead atoms. The second-order valence-corrected chi connectivity index (χ2v) is 12.1. The Hall–Kier alpha value is -4.46. The fourth-order valence-electron chi connectivity index (χ4n) is 6.03. The summed E-state index contributed by atoms with van der Waals surface area (Å²) in [4.78, 5) is 51.6. The number of nitrogens with zero attached hydrogens (tertiary/aromatic N) is 2. The van der Waals surface area contributed by atoms with Crippen molar-refractivity contribution in [2.75, 3.05) is 0 Å². The quantitative estimate of drug-likeness (QED) is 0.274. The van der Waals surface area contributed by atoms with Gasteiger partial charge in [0.2, 0.25) is 11.8 Å². The second-order valence-electron chi connectivity index (χ2n) is 12.1. The fourth-order valence-corrected chi connectivity index (χ4v) is 6.03. The van der Waals surface area contributed by atoms with Crippen LogP contribution in [0.4, 0.5) is 9.59 Å². The van der Waals surface area contributed by atoms with E-state index in [-0.39, 0.29) is 29.8 Å². The Morgan fingerprint density at radius 1 is 0.727 bits per heavy atom. The van der Waals surface area contributed by atoms with Crippen LogP contribution in [0.1, 0.15) is 70.3 Å². The van der Waals surface area contributed by atoms with Gasteiger partial charge < -0.3 is 9.47 Å². The van der Waals surface area contributed by atoms with E-state index in [0.29, 0.717) is 25.7 Å². The van der Waals surface area contributed by atoms with Crippen molar-refractivity contribution < 1.29 is 28.7 Å². The number of hydrogen-bond donors (Lipinski definition) is 0. The van der Waals surface area contributed by atoms with Gasteiger partial charge in [0.1, 0.15) is 11.7 Å². The predicted molar refractivity (Wildman–Crippen MR) is 168 cm³/mol. The molecule has 2 saturated heterocycles. The molecule has 2 aliphatic heterocycles. The van der Waals surface area contributed by atoms with E-state index in [9.17, 15) is 19.2 Å². The first-order chi connectivity index (χ1) is 21.0. The molecule has 0 aromatic heterocycles. The van der Waals surface area contributed by atoms with E-state index in [1.807, 2.05) is 126 Å². The highest BCUT2D eigenvalue weighted by atomic mass is 16.6. The number of ether oxygens (including phenoxy) is 2. The van der Waals surface area contributed by atoms with Gasteiger partial charge in [-0.15, -0.1) is 0 Å². The summed E-state index contributed by atoms with van der Waals surface area (Å²) in [5.74, 6) is -0.190. The fraction of sp³-hybridized carbons (Fsp3) is 0.389. The minimum Gasteiger partial charge on any atom is -0.441 e. The molecule has 2 fully saturated rings. The summed E-state index contributed by atoms with van der Waals surface area (Å²) in [7, 11) is 0. The third-order valence-electron chi connectivity index (χ3n) is 8.05. The molecule has 0 aliphatic carbocycles. The highest BCUT2D eigenvalue weighted by Crippen LogP contribution is 2.35. The van der Waals surface area contributed by atoms with Crippen LogP contribution in [0.25, 0.3) is 0 Å². The van der Waals surface area contributed by atoms with Crippen molar-refractivity contribution in [1.82, 2.24) is 9.80 Å². The lowest BCUT2D eigenvalue weighted by molar-refractivity contribution is -0.130. The van der Waals surface area contributed by atoms with Crippen LogP contribution in [0.15, 0.2) is 91.0 Å². The molecule has 3 aromatic rings. The maximum absolute atomic E-state index is 12.5. The average molecular weight is 599 g/mol. The van der Waals surface area contributed by atoms with E-state index in [0.717, 1.165) is 16.7 Å². The number of imide groups is 2. The molecule has 44 heavy (non-hydrogen) atoms. The Kier molecular flexibility index (Phi) is 10.6. The van der Waals surface area contributed by atoms with Crippen molar-refractivity contribution >= 4 is 24.0 Å². The molecule has 0 spiro atoms. The number of hydrogen-bond acceptors (Lipinski definition) is 6. The van der Waals surface area contributed by atoms with Crippen LogP contribution in [0.3, 0.4) is 0 Å². The molecule has 0 saturated carbocycles. The molecule has 2 aliphatic rings. The number of aryl methyl sites for hydroxylation is 2. The summed E-state index contributed by atoms with van der Waals surface area (Å²) < 4.78 is 10.8. The number of carbonyl (C=O) groups is 4. The normalized spacial score (nSPS) is 20.5. The van der Waals surface area contributed by atoms with Gasteiger partial charge in [-0.2, -0.15) is 0 Å². The summed E-state index contributed by atoms with van der Waals surface area (Å²) in [6, 6.07) is 28.6.